The summed E-state index contributed by atoms with van der Waals surface area (Å²) in [6.45, 7) is -0.625. The van der Waals surface area contributed by atoms with Gasteiger partial charge >= 0.3 is 12.1 Å². The van der Waals surface area contributed by atoms with Crippen LogP contribution in [-0.2, 0) is 17.5 Å². The lowest BCUT2D eigenvalue weighted by Crippen LogP contribution is -2.21. The predicted molar refractivity (Wildman–Crippen MR) is 95.3 cm³/mol. The lowest BCUT2D eigenvalue weighted by atomic mass is 10.1. The second-order valence-electron chi connectivity index (χ2n) is 5.79. The number of carbonyl (C=O) groups is 2. The van der Waals surface area contributed by atoms with E-state index in [0.29, 0.717) is 17.4 Å². The summed E-state index contributed by atoms with van der Waals surface area (Å²) < 4.78 is 59.1. The summed E-state index contributed by atoms with van der Waals surface area (Å²) in [6, 6.07) is 6.37. The molecule has 0 spiro atoms. The molecule has 0 aliphatic rings. The molecule has 29 heavy (non-hydrogen) atoms. The maximum absolute atomic E-state index is 14.5. The van der Waals surface area contributed by atoms with Gasteiger partial charge in [0, 0.05) is 5.56 Å². The average Bonchev–Trinajstić information content (AvgIpc) is 2.99. The Morgan fingerprint density at radius 2 is 1.97 bits per heavy atom. The highest BCUT2D eigenvalue weighted by Crippen LogP contribution is 2.30. The van der Waals surface area contributed by atoms with Gasteiger partial charge in [-0.05, 0) is 30.3 Å². The zero-order valence-corrected chi connectivity index (χ0v) is 15.5. The van der Waals surface area contributed by atoms with E-state index in [1.165, 1.54) is 19.2 Å². The Morgan fingerprint density at radius 1 is 1.24 bits per heavy atom. The molecular formula is C18H12F4N2O4S. The third kappa shape index (κ3) is 4.14. The van der Waals surface area contributed by atoms with Crippen molar-refractivity contribution in [3.05, 3.63) is 58.1 Å². The molecule has 0 saturated heterocycles. The largest absolute Gasteiger partial charge is 0.494 e. The van der Waals surface area contributed by atoms with Gasteiger partial charge in [0.1, 0.15) is 6.54 Å². The van der Waals surface area contributed by atoms with Crippen LogP contribution in [0.15, 0.2) is 41.4 Å². The van der Waals surface area contributed by atoms with Crippen molar-refractivity contribution in [2.45, 2.75) is 12.7 Å². The third-order valence-corrected chi connectivity index (χ3v) is 4.99. The maximum atomic E-state index is 14.5. The quantitative estimate of drug-likeness (QED) is 0.643. The third-order valence-electron chi connectivity index (χ3n) is 3.90. The van der Waals surface area contributed by atoms with Crippen molar-refractivity contribution < 1.29 is 37.0 Å². The van der Waals surface area contributed by atoms with E-state index < -0.39 is 36.0 Å². The fraction of sp³-hybridized carbons (Fsp3) is 0.167. The lowest BCUT2D eigenvalue weighted by molar-refractivity contribution is -0.138. The average molecular weight is 428 g/mol. The van der Waals surface area contributed by atoms with Gasteiger partial charge in [0.15, 0.2) is 16.4 Å². The van der Waals surface area contributed by atoms with E-state index >= 15 is 0 Å². The van der Waals surface area contributed by atoms with Crippen molar-refractivity contribution in [2.75, 3.05) is 7.11 Å². The van der Waals surface area contributed by atoms with E-state index in [-0.39, 0.29) is 26.3 Å². The number of fused-ring (bicyclic) bond motifs is 1. The highest BCUT2D eigenvalue weighted by atomic mass is 32.1. The van der Waals surface area contributed by atoms with Gasteiger partial charge in [-0.3, -0.25) is 9.59 Å². The number of carboxylic acids is 1. The number of hydrogen-bond acceptors (Lipinski definition) is 4. The molecule has 0 fully saturated rings. The standard InChI is InChI=1S/C18H12F4N2O4S/c1-28-12-6-5-11-15(14(12)19)29-17(24(11)8-13(25)26)23-16(27)9-3-2-4-10(7-9)18(20,21)22/h2-7H,8H2,1H3,(H,25,26). The smallest absolute Gasteiger partial charge is 0.416 e. The molecule has 11 heteroatoms. The highest BCUT2D eigenvalue weighted by Gasteiger charge is 2.31. The van der Waals surface area contributed by atoms with Crippen LogP contribution in [0.1, 0.15) is 15.9 Å². The van der Waals surface area contributed by atoms with E-state index in [1.54, 1.807) is 0 Å². The van der Waals surface area contributed by atoms with Gasteiger partial charge in [0.05, 0.1) is 22.9 Å². The second-order valence-corrected chi connectivity index (χ2v) is 6.77. The van der Waals surface area contributed by atoms with E-state index in [2.05, 4.69) is 4.99 Å². The van der Waals surface area contributed by atoms with Crippen molar-refractivity contribution in [3.8, 4) is 5.75 Å². The first-order valence-corrected chi connectivity index (χ1v) is 8.77. The lowest BCUT2D eigenvalue weighted by Gasteiger charge is -2.07. The molecule has 1 N–H and O–H groups in total. The van der Waals surface area contributed by atoms with Crippen LogP contribution in [0.4, 0.5) is 17.6 Å². The van der Waals surface area contributed by atoms with E-state index in [4.69, 9.17) is 9.84 Å². The Balaban J connectivity index is 2.17. The number of carboxylic acid groups (broad SMARTS) is 1. The fourth-order valence-electron chi connectivity index (χ4n) is 2.60. The van der Waals surface area contributed by atoms with Crippen molar-refractivity contribution in [2.24, 2.45) is 4.99 Å². The molecule has 1 amide bonds. The molecule has 2 aromatic carbocycles. The minimum Gasteiger partial charge on any atom is -0.494 e. The Morgan fingerprint density at radius 3 is 2.59 bits per heavy atom. The second kappa shape index (κ2) is 7.66. The maximum Gasteiger partial charge on any atom is 0.416 e. The van der Waals surface area contributed by atoms with Crippen LogP contribution >= 0.6 is 11.3 Å². The number of ether oxygens (including phenoxy) is 1. The van der Waals surface area contributed by atoms with E-state index in [1.807, 2.05) is 0 Å². The number of aliphatic carboxylic acids is 1. The molecule has 0 saturated carbocycles. The van der Waals surface area contributed by atoms with Crippen LogP contribution in [0, 0.1) is 5.82 Å². The summed E-state index contributed by atoms with van der Waals surface area (Å²) in [5.74, 6) is -3.14. The van der Waals surface area contributed by atoms with Crippen LogP contribution in [0.5, 0.6) is 5.75 Å². The Labute approximate surface area is 164 Å². The van der Waals surface area contributed by atoms with Gasteiger partial charge in [0.2, 0.25) is 0 Å². The number of benzene rings is 2. The van der Waals surface area contributed by atoms with Gasteiger partial charge < -0.3 is 14.4 Å². The Kier molecular flexibility index (Phi) is 5.42. The number of rotatable bonds is 4. The minimum atomic E-state index is -4.64. The first kappa shape index (κ1) is 20.5. The number of carbonyl (C=O) groups excluding carboxylic acids is 1. The molecule has 0 unspecified atom stereocenters. The number of amides is 1. The topological polar surface area (TPSA) is 80.9 Å². The number of thiazole rings is 1. The van der Waals surface area contributed by atoms with E-state index in [9.17, 15) is 27.2 Å². The first-order valence-electron chi connectivity index (χ1n) is 7.95. The summed E-state index contributed by atoms with van der Waals surface area (Å²) in [5, 5.41) is 9.13. The fourth-order valence-corrected chi connectivity index (χ4v) is 3.65. The summed E-state index contributed by atoms with van der Waals surface area (Å²) in [7, 11) is 1.26. The van der Waals surface area contributed by atoms with Crippen LogP contribution in [0.25, 0.3) is 10.2 Å². The molecule has 3 rings (SSSR count). The molecular weight excluding hydrogens is 416 g/mol. The van der Waals surface area contributed by atoms with Crippen molar-refractivity contribution in [3.63, 3.8) is 0 Å². The van der Waals surface area contributed by atoms with Gasteiger partial charge in [-0.2, -0.15) is 18.2 Å². The number of halogens is 4. The number of methoxy groups -OCH3 is 1. The molecule has 3 aromatic rings. The summed E-state index contributed by atoms with van der Waals surface area (Å²) in [5.41, 5.74) is -1.20. The number of alkyl halides is 3. The number of hydrogen-bond donors (Lipinski definition) is 1. The van der Waals surface area contributed by atoms with Crippen molar-refractivity contribution >= 4 is 33.4 Å². The zero-order valence-electron chi connectivity index (χ0n) is 14.7. The van der Waals surface area contributed by atoms with Crippen molar-refractivity contribution in [1.82, 2.24) is 4.57 Å². The predicted octanol–water partition coefficient (Wildman–Crippen LogP) is 3.70. The molecule has 0 radical (unpaired) electrons. The van der Waals surface area contributed by atoms with Gasteiger partial charge in [-0.1, -0.05) is 17.4 Å². The molecule has 0 aliphatic carbocycles. The molecule has 0 bridgehead atoms. The molecule has 1 aromatic heterocycles. The van der Waals surface area contributed by atoms with Gasteiger partial charge in [-0.15, -0.1) is 0 Å². The minimum absolute atomic E-state index is 0.00110. The molecule has 0 aliphatic heterocycles. The SMILES string of the molecule is COc1ccc2c(sc(=NC(=O)c3cccc(C(F)(F)F)c3)n2CC(=O)O)c1F. The summed E-state index contributed by atoms with van der Waals surface area (Å²) in [4.78, 5) is 27.2. The zero-order chi connectivity index (χ0) is 21.3. The van der Waals surface area contributed by atoms with Crippen LogP contribution in [-0.4, -0.2) is 28.7 Å². The molecule has 1 heterocycles. The monoisotopic (exact) mass is 428 g/mol. The highest BCUT2D eigenvalue weighted by molar-refractivity contribution is 7.16. The first-order chi connectivity index (χ1) is 13.6. The van der Waals surface area contributed by atoms with E-state index in [0.717, 1.165) is 22.8 Å². The van der Waals surface area contributed by atoms with Crippen LogP contribution in [0.3, 0.4) is 0 Å². The Bertz CT molecular complexity index is 1180. The normalized spacial score (nSPS) is 12.4. The number of nitrogens with zero attached hydrogens (tertiary/aromatic N) is 2. The number of aromatic nitrogens is 1. The van der Waals surface area contributed by atoms with Gasteiger partial charge in [0.25, 0.3) is 5.91 Å². The van der Waals surface area contributed by atoms with Crippen molar-refractivity contribution in [1.29, 1.82) is 0 Å². The summed E-state index contributed by atoms with van der Waals surface area (Å²) >= 11 is 0.690. The molecule has 0 atom stereocenters. The van der Waals surface area contributed by atoms with Gasteiger partial charge in [-0.25, -0.2) is 4.39 Å². The Hall–Kier alpha value is -3.21. The summed E-state index contributed by atoms with van der Waals surface area (Å²) in [6.07, 6.45) is -4.64. The molecule has 6 nitrogen and oxygen atoms in total. The van der Waals surface area contributed by atoms with Crippen LogP contribution in [0.2, 0.25) is 0 Å². The van der Waals surface area contributed by atoms with Crippen LogP contribution < -0.4 is 9.54 Å². The molecule has 152 valence electrons.